The molecule has 0 spiro atoms. The standard InChI is InChI=1S/C21H23FN4O5S/c1-21(20(28)23-2,32(4,29)30)7-8-26-12-25-17-10-14(16(22)9-15(17)19(26)27)13-5-6-18(31-3)24-11-13/h5-6,9-12H,7-8H2,1-4H3,(H,23,28)/t21-/m1/s1. The van der Waals surface area contributed by atoms with Crippen molar-refractivity contribution in [1.82, 2.24) is 19.9 Å². The molecule has 170 valence electrons. The number of benzene rings is 1. The van der Waals surface area contributed by atoms with E-state index in [0.29, 0.717) is 11.4 Å². The van der Waals surface area contributed by atoms with Gasteiger partial charge in [0.15, 0.2) is 9.84 Å². The normalized spacial score (nSPS) is 13.5. The summed E-state index contributed by atoms with van der Waals surface area (Å²) in [5, 5.41) is 2.38. The predicted octanol–water partition coefficient (Wildman–Crippen LogP) is 1.55. The van der Waals surface area contributed by atoms with Gasteiger partial charge in [-0.3, -0.25) is 14.2 Å². The van der Waals surface area contributed by atoms with Crippen LogP contribution in [0.1, 0.15) is 13.3 Å². The molecule has 0 saturated heterocycles. The first-order chi connectivity index (χ1) is 15.0. The zero-order chi connectivity index (χ0) is 23.7. The lowest BCUT2D eigenvalue weighted by atomic mass is 10.0. The van der Waals surface area contributed by atoms with Crippen LogP contribution in [0.2, 0.25) is 0 Å². The number of aromatic nitrogens is 3. The van der Waals surface area contributed by atoms with Crippen molar-refractivity contribution < 1.29 is 22.3 Å². The summed E-state index contributed by atoms with van der Waals surface area (Å²) in [5.74, 6) is -0.924. The van der Waals surface area contributed by atoms with E-state index in [2.05, 4.69) is 15.3 Å². The lowest BCUT2D eigenvalue weighted by molar-refractivity contribution is -0.123. The molecule has 3 aromatic rings. The lowest BCUT2D eigenvalue weighted by Gasteiger charge is -2.25. The van der Waals surface area contributed by atoms with Gasteiger partial charge in [0, 0.05) is 43.2 Å². The van der Waals surface area contributed by atoms with Crippen molar-refractivity contribution in [2.75, 3.05) is 20.4 Å². The maximum atomic E-state index is 14.8. The van der Waals surface area contributed by atoms with E-state index in [1.54, 1.807) is 12.1 Å². The van der Waals surface area contributed by atoms with Crippen LogP contribution in [0.3, 0.4) is 0 Å². The van der Waals surface area contributed by atoms with Gasteiger partial charge in [-0.05, 0) is 31.5 Å². The Morgan fingerprint density at radius 2 is 2.00 bits per heavy atom. The molecule has 3 rings (SSSR count). The van der Waals surface area contributed by atoms with Crippen molar-refractivity contribution in [3.8, 4) is 17.0 Å². The number of carbonyl (C=O) groups excluding carboxylic acids is 1. The highest BCUT2D eigenvalue weighted by molar-refractivity contribution is 7.92. The predicted molar refractivity (Wildman–Crippen MR) is 118 cm³/mol. The molecule has 2 aromatic heterocycles. The molecule has 0 aliphatic rings. The number of nitrogens with zero attached hydrogens (tertiary/aromatic N) is 3. The van der Waals surface area contributed by atoms with Crippen LogP contribution in [-0.4, -0.2) is 54.0 Å². The maximum Gasteiger partial charge on any atom is 0.261 e. The summed E-state index contributed by atoms with van der Waals surface area (Å²) in [6, 6.07) is 5.78. The van der Waals surface area contributed by atoms with Crippen LogP contribution >= 0.6 is 0 Å². The molecule has 0 radical (unpaired) electrons. The molecule has 1 N–H and O–H groups in total. The summed E-state index contributed by atoms with van der Waals surface area (Å²) in [7, 11) is -0.958. The Kier molecular flexibility index (Phi) is 6.31. The Labute approximate surface area is 184 Å². The SMILES string of the molecule is CNC(=O)[C@@](C)(CCn1cnc2cc(-c3ccc(OC)nc3)c(F)cc2c1=O)S(C)(=O)=O. The van der Waals surface area contributed by atoms with Gasteiger partial charge in [-0.25, -0.2) is 22.8 Å². The largest absolute Gasteiger partial charge is 0.481 e. The monoisotopic (exact) mass is 462 g/mol. The molecule has 0 aliphatic carbocycles. The van der Waals surface area contributed by atoms with Crippen molar-refractivity contribution in [3.63, 3.8) is 0 Å². The fourth-order valence-corrected chi connectivity index (χ4v) is 4.19. The second-order valence-electron chi connectivity index (χ2n) is 7.51. The van der Waals surface area contributed by atoms with Crippen molar-refractivity contribution in [3.05, 3.63) is 53.0 Å². The molecular weight excluding hydrogens is 439 g/mol. The minimum Gasteiger partial charge on any atom is -0.481 e. The Balaban J connectivity index is 1.98. The van der Waals surface area contributed by atoms with Crippen molar-refractivity contribution in [1.29, 1.82) is 0 Å². The van der Waals surface area contributed by atoms with Crippen molar-refractivity contribution in [2.24, 2.45) is 0 Å². The third-order valence-electron chi connectivity index (χ3n) is 5.52. The number of ether oxygens (including phenoxy) is 1. The fraction of sp³-hybridized carbons (Fsp3) is 0.333. The van der Waals surface area contributed by atoms with E-state index < -0.39 is 31.9 Å². The van der Waals surface area contributed by atoms with Gasteiger partial charge in [0.1, 0.15) is 10.6 Å². The quantitative estimate of drug-likeness (QED) is 0.566. The highest BCUT2D eigenvalue weighted by Gasteiger charge is 2.42. The topological polar surface area (TPSA) is 120 Å². The number of carbonyl (C=O) groups is 1. The molecule has 1 atom stereocenters. The Morgan fingerprint density at radius 1 is 1.28 bits per heavy atom. The number of amides is 1. The van der Waals surface area contributed by atoms with Gasteiger partial charge in [-0.2, -0.15) is 0 Å². The first kappa shape index (κ1) is 23.3. The summed E-state index contributed by atoms with van der Waals surface area (Å²) in [5.41, 5.74) is 0.448. The third-order valence-corrected chi connectivity index (χ3v) is 7.55. The number of pyridine rings is 1. The lowest BCUT2D eigenvalue weighted by Crippen LogP contribution is -2.49. The number of aryl methyl sites for hydroxylation is 1. The smallest absolute Gasteiger partial charge is 0.261 e. The average Bonchev–Trinajstić information content (AvgIpc) is 2.77. The van der Waals surface area contributed by atoms with Crippen LogP contribution in [0.5, 0.6) is 5.88 Å². The summed E-state index contributed by atoms with van der Waals surface area (Å²) < 4.78 is 43.7. The number of hydrogen-bond acceptors (Lipinski definition) is 7. The Bertz CT molecular complexity index is 1340. The molecular formula is C21H23FN4O5S. The van der Waals surface area contributed by atoms with Crippen LogP contribution in [0, 0.1) is 5.82 Å². The van der Waals surface area contributed by atoms with Gasteiger partial charge in [0.05, 0.1) is 24.3 Å². The summed E-state index contributed by atoms with van der Waals surface area (Å²) in [6.07, 6.45) is 3.52. The van der Waals surface area contributed by atoms with E-state index in [1.165, 1.54) is 44.2 Å². The molecule has 0 fully saturated rings. The molecule has 0 aliphatic heterocycles. The maximum absolute atomic E-state index is 14.8. The number of halogens is 1. The fourth-order valence-electron chi connectivity index (χ4n) is 3.29. The molecule has 0 unspecified atom stereocenters. The number of rotatable bonds is 7. The summed E-state index contributed by atoms with van der Waals surface area (Å²) in [4.78, 5) is 33.4. The molecule has 9 nitrogen and oxygen atoms in total. The summed E-state index contributed by atoms with van der Waals surface area (Å²) in [6.45, 7) is 1.21. The van der Waals surface area contributed by atoms with E-state index in [9.17, 15) is 22.4 Å². The van der Waals surface area contributed by atoms with E-state index in [-0.39, 0.29) is 29.4 Å². The minimum atomic E-state index is -3.77. The highest BCUT2D eigenvalue weighted by atomic mass is 32.2. The van der Waals surface area contributed by atoms with Crippen LogP contribution in [-0.2, 0) is 21.2 Å². The van der Waals surface area contributed by atoms with Crippen LogP contribution in [0.25, 0.3) is 22.0 Å². The number of nitrogens with one attached hydrogen (secondary N) is 1. The van der Waals surface area contributed by atoms with Crippen molar-refractivity contribution in [2.45, 2.75) is 24.6 Å². The molecule has 2 heterocycles. The Morgan fingerprint density at radius 3 is 2.56 bits per heavy atom. The number of fused-ring (bicyclic) bond motifs is 1. The van der Waals surface area contributed by atoms with Crippen molar-refractivity contribution >= 4 is 26.6 Å². The molecule has 1 aromatic carbocycles. The van der Waals surface area contributed by atoms with Gasteiger partial charge in [0.25, 0.3) is 5.56 Å². The summed E-state index contributed by atoms with van der Waals surface area (Å²) >= 11 is 0. The number of sulfone groups is 1. The highest BCUT2D eigenvalue weighted by Crippen LogP contribution is 2.27. The van der Waals surface area contributed by atoms with Gasteiger partial charge in [-0.15, -0.1) is 0 Å². The third kappa shape index (κ3) is 4.20. The zero-order valence-electron chi connectivity index (χ0n) is 18.0. The van der Waals surface area contributed by atoms with Gasteiger partial charge < -0.3 is 10.1 Å². The van der Waals surface area contributed by atoms with Gasteiger partial charge in [0.2, 0.25) is 11.8 Å². The zero-order valence-corrected chi connectivity index (χ0v) is 18.9. The molecule has 32 heavy (non-hydrogen) atoms. The first-order valence-electron chi connectivity index (χ1n) is 9.62. The molecule has 0 bridgehead atoms. The van der Waals surface area contributed by atoms with Gasteiger partial charge in [-0.1, -0.05) is 0 Å². The molecule has 11 heteroatoms. The van der Waals surface area contributed by atoms with E-state index >= 15 is 0 Å². The van der Waals surface area contributed by atoms with Crippen LogP contribution < -0.4 is 15.6 Å². The van der Waals surface area contributed by atoms with Gasteiger partial charge >= 0.3 is 0 Å². The minimum absolute atomic E-state index is 0.0382. The molecule has 1 amide bonds. The average molecular weight is 463 g/mol. The van der Waals surface area contributed by atoms with Crippen LogP contribution in [0.15, 0.2) is 41.6 Å². The Hall–Kier alpha value is -3.34. The number of hydrogen-bond donors (Lipinski definition) is 1. The first-order valence-corrected chi connectivity index (χ1v) is 11.5. The van der Waals surface area contributed by atoms with Crippen LogP contribution in [0.4, 0.5) is 4.39 Å². The van der Waals surface area contributed by atoms with E-state index in [0.717, 1.165) is 12.3 Å². The van der Waals surface area contributed by atoms with E-state index in [4.69, 9.17) is 4.74 Å². The second kappa shape index (κ2) is 8.65. The molecule has 0 saturated carbocycles. The van der Waals surface area contributed by atoms with E-state index in [1.807, 2.05) is 0 Å². The second-order valence-corrected chi connectivity index (χ2v) is 9.96. The number of methoxy groups -OCH3 is 1.